The van der Waals surface area contributed by atoms with E-state index in [0.29, 0.717) is 0 Å². The molecule has 3 aromatic rings. The summed E-state index contributed by atoms with van der Waals surface area (Å²) < 4.78 is 0. The van der Waals surface area contributed by atoms with Crippen LogP contribution in [0.1, 0.15) is 47.9 Å². The standard InChI is InChI=1S/C25H24/c1-17-11-12-21-22(15-17)25(13-7-3-4-8-14-25)23-16-18(2)19-9-5-6-10-20(19)24(21)23/h5-7,9-13,15-16H,3-4,8,14H2,1-2H3. The summed E-state index contributed by atoms with van der Waals surface area (Å²) in [5, 5.41) is 2.81. The van der Waals surface area contributed by atoms with Crippen LogP contribution in [0.2, 0.25) is 0 Å². The third-order valence-electron chi connectivity index (χ3n) is 6.25. The van der Waals surface area contributed by atoms with Crippen molar-refractivity contribution in [3.8, 4) is 11.1 Å². The van der Waals surface area contributed by atoms with Gasteiger partial charge in [0.1, 0.15) is 0 Å². The smallest absolute Gasteiger partial charge is 0.0394 e. The number of fused-ring (bicyclic) bond motifs is 7. The Labute approximate surface area is 150 Å². The van der Waals surface area contributed by atoms with E-state index in [9.17, 15) is 0 Å². The van der Waals surface area contributed by atoms with Gasteiger partial charge in [0, 0.05) is 5.41 Å². The van der Waals surface area contributed by atoms with Crippen LogP contribution >= 0.6 is 0 Å². The van der Waals surface area contributed by atoms with Gasteiger partial charge in [0.25, 0.3) is 0 Å². The molecule has 0 saturated carbocycles. The van der Waals surface area contributed by atoms with Crippen molar-refractivity contribution in [2.24, 2.45) is 0 Å². The summed E-state index contributed by atoms with van der Waals surface area (Å²) in [6.07, 6.45) is 10.00. The van der Waals surface area contributed by atoms with Gasteiger partial charge in [0.2, 0.25) is 0 Å². The fourth-order valence-electron chi connectivity index (χ4n) is 5.07. The van der Waals surface area contributed by atoms with E-state index in [-0.39, 0.29) is 5.41 Å². The first kappa shape index (κ1) is 15.0. The summed E-state index contributed by atoms with van der Waals surface area (Å²) in [5.41, 5.74) is 8.81. The van der Waals surface area contributed by atoms with Crippen LogP contribution in [-0.4, -0.2) is 0 Å². The highest BCUT2D eigenvalue weighted by Gasteiger charge is 2.42. The summed E-state index contributed by atoms with van der Waals surface area (Å²) in [6.45, 7) is 4.49. The highest BCUT2D eigenvalue weighted by atomic mass is 14.4. The number of aryl methyl sites for hydroxylation is 2. The summed E-state index contributed by atoms with van der Waals surface area (Å²) >= 11 is 0. The van der Waals surface area contributed by atoms with E-state index in [0.717, 1.165) is 0 Å². The van der Waals surface area contributed by atoms with Gasteiger partial charge in [-0.1, -0.05) is 72.7 Å². The minimum Gasteiger partial charge on any atom is -0.0873 e. The van der Waals surface area contributed by atoms with Crippen molar-refractivity contribution >= 4 is 10.8 Å². The SMILES string of the molecule is Cc1ccc2c(c1)C1(C=CCCCC1)c1cc(C)c3ccccc3c1-2. The lowest BCUT2D eigenvalue weighted by atomic mass is 9.74. The fraction of sp³-hybridized carbons (Fsp3) is 0.280. The van der Waals surface area contributed by atoms with Crippen molar-refractivity contribution in [3.63, 3.8) is 0 Å². The molecule has 1 atom stereocenters. The molecule has 0 heterocycles. The second kappa shape index (κ2) is 5.33. The maximum absolute atomic E-state index is 2.53. The third kappa shape index (κ3) is 2.00. The normalized spacial score (nSPS) is 21.4. The lowest BCUT2D eigenvalue weighted by Gasteiger charge is -2.29. The highest BCUT2D eigenvalue weighted by molar-refractivity contribution is 6.04. The molecule has 124 valence electrons. The average molecular weight is 324 g/mol. The van der Waals surface area contributed by atoms with E-state index in [2.05, 4.69) is 74.5 Å². The van der Waals surface area contributed by atoms with Crippen LogP contribution in [0.3, 0.4) is 0 Å². The molecule has 0 saturated heterocycles. The Balaban J connectivity index is 1.95. The predicted molar refractivity (Wildman–Crippen MR) is 107 cm³/mol. The Morgan fingerprint density at radius 2 is 1.68 bits per heavy atom. The monoisotopic (exact) mass is 324 g/mol. The minimum absolute atomic E-state index is 0.0714. The summed E-state index contributed by atoms with van der Waals surface area (Å²) in [4.78, 5) is 0. The van der Waals surface area contributed by atoms with E-state index < -0.39 is 0 Å². The number of benzene rings is 3. The van der Waals surface area contributed by atoms with Gasteiger partial charge < -0.3 is 0 Å². The molecule has 0 heteroatoms. The lowest BCUT2D eigenvalue weighted by molar-refractivity contribution is 0.562. The molecule has 0 amide bonds. The van der Waals surface area contributed by atoms with Crippen LogP contribution in [0.15, 0.2) is 60.7 Å². The number of rotatable bonds is 0. The van der Waals surface area contributed by atoms with Crippen LogP contribution in [0.4, 0.5) is 0 Å². The van der Waals surface area contributed by atoms with Crippen molar-refractivity contribution in [2.75, 3.05) is 0 Å². The molecule has 0 fully saturated rings. The molecular formula is C25H24. The van der Waals surface area contributed by atoms with Crippen LogP contribution in [0.5, 0.6) is 0 Å². The molecule has 0 nitrogen and oxygen atoms in total. The molecule has 0 N–H and O–H groups in total. The van der Waals surface area contributed by atoms with Crippen LogP contribution in [0.25, 0.3) is 21.9 Å². The fourth-order valence-corrected chi connectivity index (χ4v) is 5.07. The van der Waals surface area contributed by atoms with Crippen LogP contribution < -0.4 is 0 Å². The molecule has 0 radical (unpaired) electrons. The number of hydrogen-bond acceptors (Lipinski definition) is 0. The van der Waals surface area contributed by atoms with Crippen molar-refractivity contribution < 1.29 is 0 Å². The first-order valence-electron chi connectivity index (χ1n) is 9.53. The van der Waals surface area contributed by atoms with Gasteiger partial charge in [0.05, 0.1) is 0 Å². The van der Waals surface area contributed by atoms with Gasteiger partial charge >= 0.3 is 0 Å². The van der Waals surface area contributed by atoms with Crippen LogP contribution in [0, 0.1) is 13.8 Å². The zero-order chi connectivity index (χ0) is 17.0. The van der Waals surface area contributed by atoms with E-state index in [1.54, 1.807) is 0 Å². The van der Waals surface area contributed by atoms with Crippen molar-refractivity contribution in [3.05, 3.63) is 82.9 Å². The molecule has 25 heavy (non-hydrogen) atoms. The van der Waals surface area contributed by atoms with Gasteiger partial charge in [-0.15, -0.1) is 0 Å². The molecule has 5 rings (SSSR count). The predicted octanol–water partition coefficient (Wildman–Crippen LogP) is 6.85. The Morgan fingerprint density at radius 3 is 2.56 bits per heavy atom. The third-order valence-corrected chi connectivity index (χ3v) is 6.25. The zero-order valence-corrected chi connectivity index (χ0v) is 15.1. The molecule has 1 unspecified atom stereocenters. The molecule has 1 spiro atoms. The van der Waals surface area contributed by atoms with Crippen molar-refractivity contribution in [1.29, 1.82) is 0 Å². The largest absolute Gasteiger partial charge is 0.0873 e. The molecule has 0 aromatic heterocycles. The van der Waals surface area contributed by atoms with E-state index in [1.165, 1.54) is 69.8 Å². The van der Waals surface area contributed by atoms with Gasteiger partial charge in [-0.2, -0.15) is 0 Å². The number of hydrogen-bond donors (Lipinski definition) is 0. The Hall–Kier alpha value is -2.34. The van der Waals surface area contributed by atoms with E-state index in [4.69, 9.17) is 0 Å². The Kier molecular flexibility index (Phi) is 3.19. The topological polar surface area (TPSA) is 0 Å². The first-order chi connectivity index (χ1) is 12.2. The average Bonchev–Trinajstić information content (AvgIpc) is 2.78. The quantitative estimate of drug-likeness (QED) is 0.396. The van der Waals surface area contributed by atoms with Crippen LogP contribution in [-0.2, 0) is 5.41 Å². The number of allylic oxidation sites excluding steroid dienone is 2. The Morgan fingerprint density at radius 1 is 0.840 bits per heavy atom. The zero-order valence-electron chi connectivity index (χ0n) is 15.1. The van der Waals surface area contributed by atoms with Crippen molar-refractivity contribution in [1.82, 2.24) is 0 Å². The Bertz CT molecular complexity index is 1020. The molecule has 0 aliphatic heterocycles. The molecule has 0 bridgehead atoms. The summed E-state index contributed by atoms with van der Waals surface area (Å²) in [7, 11) is 0. The molecule has 3 aromatic carbocycles. The highest BCUT2D eigenvalue weighted by Crippen LogP contribution is 2.55. The maximum atomic E-state index is 2.53. The summed E-state index contributed by atoms with van der Waals surface area (Å²) in [5.74, 6) is 0. The first-order valence-corrected chi connectivity index (χ1v) is 9.53. The molecular weight excluding hydrogens is 300 g/mol. The van der Waals surface area contributed by atoms with Gasteiger partial charge in [-0.25, -0.2) is 0 Å². The van der Waals surface area contributed by atoms with E-state index in [1.807, 2.05) is 0 Å². The van der Waals surface area contributed by atoms with Gasteiger partial charge in [0.15, 0.2) is 0 Å². The minimum atomic E-state index is 0.0714. The van der Waals surface area contributed by atoms with E-state index >= 15 is 0 Å². The molecule has 2 aliphatic carbocycles. The second-order valence-corrected chi connectivity index (χ2v) is 7.83. The van der Waals surface area contributed by atoms with Gasteiger partial charge in [-0.05, 0) is 71.7 Å². The summed E-state index contributed by atoms with van der Waals surface area (Å²) in [6, 6.07) is 18.5. The lowest BCUT2D eigenvalue weighted by Crippen LogP contribution is -2.22. The second-order valence-electron chi connectivity index (χ2n) is 7.83. The maximum Gasteiger partial charge on any atom is 0.0394 e. The molecule has 2 aliphatic rings. The van der Waals surface area contributed by atoms with Crippen molar-refractivity contribution in [2.45, 2.75) is 44.9 Å². The van der Waals surface area contributed by atoms with Gasteiger partial charge in [-0.3, -0.25) is 0 Å².